The van der Waals surface area contributed by atoms with Crippen molar-refractivity contribution in [2.75, 3.05) is 12.0 Å². The van der Waals surface area contributed by atoms with Crippen molar-refractivity contribution in [2.45, 2.75) is 31.2 Å². The topological polar surface area (TPSA) is 83.5 Å². The molecule has 0 bridgehead atoms. The first-order valence-corrected chi connectivity index (χ1v) is 9.11. The summed E-state index contributed by atoms with van der Waals surface area (Å²) in [7, 11) is -3.96. The van der Waals surface area contributed by atoms with Crippen LogP contribution in [0.3, 0.4) is 0 Å². The Morgan fingerprint density at radius 3 is 2.62 bits per heavy atom. The van der Waals surface area contributed by atoms with E-state index in [1.807, 2.05) is 6.26 Å². The van der Waals surface area contributed by atoms with E-state index in [1.54, 1.807) is 18.7 Å². The normalized spacial score (nSPS) is 13.1. The minimum atomic E-state index is -3.96. The fourth-order valence-electron chi connectivity index (χ4n) is 1.74. The van der Waals surface area contributed by atoms with Gasteiger partial charge in [0.25, 0.3) is 0 Å². The molecule has 118 valence electrons. The van der Waals surface area contributed by atoms with E-state index in [9.17, 15) is 17.6 Å². The van der Waals surface area contributed by atoms with Crippen LogP contribution < -0.4 is 4.72 Å². The molecular formula is C13H18FNO4S2. The van der Waals surface area contributed by atoms with Gasteiger partial charge >= 0.3 is 5.97 Å². The van der Waals surface area contributed by atoms with Crippen LogP contribution in [0.25, 0.3) is 0 Å². The number of rotatable bonds is 7. The molecule has 0 aromatic heterocycles. The van der Waals surface area contributed by atoms with Crippen LogP contribution in [0.2, 0.25) is 0 Å². The Kier molecular flexibility index (Phi) is 6.18. The third kappa shape index (κ3) is 4.69. The van der Waals surface area contributed by atoms with Crippen LogP contribution in [0.5, 0.6) is 0 Å². The lowest BCUT2D eigenvalue weighted by molar-refractivity contribution is 0.0696. The van der Waals surface area contributed by atoms with Crippen molar-refractivity contribution in [3.05, 3.63) is 29.1 Å². The van der Waals surface area contributed by atoms with Gasteiger partial charge in [-0.2, -0.15) is 11.8 Å². The van der Waals surface area contributed by atoms with Crippen molar-refractivity contribution in [3.63, 3.8) is 0 Å². The number of aromatic carboxylic acids is 1. The second-order valence-corrected chi connectivity index (χ2v) is 7.36. The molecule has 0 spiro atoms. The first-order chi connectivity index (χ1) is 9.69. The Labute approximate surface area is 128 Å². The van der Waals surface area contributed by atoms with Crippen molar-refractivity contribution in [1.29, 1.82) is 0 Å². The molecule has 1 unspecified atom stereocenters. The van der Waals surface area contributed by atoms with Crippen molar-refractivity contribution < 1.29 is 22.7 Å². The zero-order valence-corrected chi connectivity index (χ0v) is 13.6. The Bertz CT molecular complexity index is 631. The lowest BCUT2D eigenvalue weighted by Gasteiger charge is -2.15. The lowest BCUT2D eigenvalue weighted by Crippen LogP contribution is -2.33. The van der Waals surface area contributed by atoms with Gasteiger partial charge in [0.15, 0.2) is 0 Å². The number of nitrogens with one attached hydrogen (secondary N) is 1. The third-order valence-electron chi connectivity index (χ3n) is 2.94. The molecule has 1 atom stereocenters. The largest absolute Gasteiger partial charge is 0.478 e. The predicted molar refractivity (Wildman–Crippen MR) is 80.9 cm³/mol. The van der Waals surface area contributed by atoms with Crippen LogP contribution >= 0.6 is 11.8 Å². The quantitative estimate of drug-likeness (QED) is 0.798. The number of hydrogen-bond donors (Lipinski definition) is 2. The summed E-state index contributed by atoms with van der Waals surface area (Å²) >= 11 is 1.59. The van der Waals surface area contributed by atoms with Gasteiger partial charge in [-0.05, 0) is 44.4 Å². The van der Waals surface area contributed by atoms with Gasteiger partial charge in [-0.3, -0.25) is 0 Å². The SMILES string of the molecule is CSCCC(C)NS(=O)(=O)c1cc(C(=O)O)cc(F)c1C. The molecule has 0 aliphatic carbocycles. The van der Waals surface area contributed by atoms with Crippen LogP contribution in [0, 0.1) is 12.7 Å². The molecule has 0 saturated heterocycles. The second-order valence-electron chi connectivity index (χ2n) is 4.69. The van der Waals surface area contributed by atoms with Crippen LogP contribution in [0.1, 0.15) is 29.3 Å². The molecule has 5 nitrogen and oxygen atoms in total. The number of halogens is 1. The highest BCUT2D eigenvalue weighted by Crippen LogP contribution is 2.21. The van der Waals surface area contributed by atoms with Gasteiger partial charge in [0.1, 0.15) is 5.82 Å². The Hall–Kier alpha value is -1.12. The van der Waals surface area contributed by atoms with E-state index < -0.39 is 27.4 Å². The molecule has 1 rings (SSSR count). The van der Waals surface area contributed by atoms with Crippen LogP contribution in [-0.4, -0.2) is 37.5 Å². The van der Waals surface area contributed by atoms with E-state index in [2.05, 4.69) is 4.72 Å². The molecule has 0 fully saturated rings. The van der Waals surface area contributed by atoms with Crippen LogP contribution in [0.4, 0.5) is 4.39 Å². The Morgan fingerprint density at radius 1 is 1.48 bits per heavy atom. The van der Waals surface area contributed by atoms with E-state index in [0.717, 1.165) is 17.9 Å². The molecule has 21 heavy (non-hydrogen) atoms. The lowest BCUT2D eigenvalue weighted by atomic mass is 10.1. The fraction of sp³-hybridized carbons (Fsp3) is 0.462. The number of benzene rings is 1. The Balaban J connectivity index is 3.16. The molecule has 0 saturated carbocycles. The van der Waals surface area contributed by atoms with Gasteiger partial charge in [-0.15, -0.1) is 0 Å². The molecule has 0 aliphatic heterocycles. The van der Waals surface area contributed by atoms with Crippen molar-refractivity contribution in [1.82, 2.24) is 4.72 Å². The summed E-state index contributed by atoms with van der Waals surface area (Å²) in [5.41, 5.74) is -0.486. The average Bonchev–Trinajstić information content (AvgIpc) is 2.38. The van der Waals surface area contributed by atoms with Crippen LogP contribution in [-0.2, 0) is 10.0 Å². The maximum atomic E-state index is 13.7. The number of sulfonamides is 1. The van der Waals surface area contributed by atoms with Gasteiger partial charge in [0.05, 0.1) is 10.5 Å². The number of carbonyl (C=O) groups is 1. The molecule has 2 N–H and O–H groups in total. The number of carboxylic acids is 1. The van der Waals surface area contributed by atoms with Crippen molar-refractivity contribution in [3.8, 4) is 0 Å². The fourth-order valence-corrected chi connectivity index (χ4v) is 3.88. The van der Waals surface area contributed by atoms with E-state index in [4.69, 9.17) is 5.11 Å². The van der Waals surface area contributed by atoms with Crippen molar-refractivity contribution >= 4 is 27.8 Å². The summed E-state index contributed by atoms with van der Waals surface area (Å²) in [6.07, 6.45) is 2.54. The van der Waals surface area contributed by atoms with Gasteiger partial charge in [0.2, 0.25) is 10.0 Å². The maximum absolute atomic E-state index is 13.7. The predicted octanol–water partition coefficient (Wildman–Crippen LogP) is 2.25. The van der Waals surface area contributed by atoms with Gasteiger partial charge < -0.3 is 5.11 Å². The molecule has 0 radical (unpaired) electrons. The minimum absolute atomic E-state index is 0.0930. The van der Waals surface area contributed by atoms with Gasteiger partial charge in [-0.1, -0.05) is 0 Å². The molecule has 1 aromatic rings. The zero-order chi connectivity index (χ0) is 16.2. The van der Waals surface area contributed by atoms with E-state index in [0.29, 0.717) is 6.42 Å². The van der Waals surface area contributed by atoms with E-state index in [1.165, 1.54) is 6.92 Å². The van der Waals surface area contributed by atoms with E-state index in [-0.39, 0.29) is 16.5 Å². The standard InChI is InChI=1S/C13H18FNO4S2/c1-8(4-5-20-3)15-21(18,19)12-7-10(13(16)17)6-11(14)9(12)2/h6-8,15H,4-5H2,1-3H3,(H,16,17). The second kappa shape index (κ2) is 7.24. The summed E-state index contributed by atoms with van der Waals surface area (Å²) in [6.45, 7) is 3.02. The monoisotopic (exact) mass is 335 g/mol. The highest BCUT2D eigenvalue weighted by Gasteiger charge is 2.23. The minimum Gasteiger partial charge on any atom is -0.478 e. The molecular weight excluding hydrogens is 317 g/mol. The summed E-state index contributed by atoms with van der Waals surface area (Å²) in [4.78, 5) is 10.6. The number of thioether (sulfide) groups is 1. The molecule has 8 heteroatoms. The van der Waals surface area contributed by atoms with Gasteiger partial charge in [0, 0.05) is 11.6 Å². The summed E-state index contributed by atoms with van der Waals surface area (Å²) in [5, 5.41) is 8.90. The number of carboxylic acid groups (broad SMARTS) is 1. The highest BCUT2D eigenvalue weighted by atomic mass is 32.2. The average molecular weight is 335 g/mol. The highest BCUT2D eigenvalue weighted by molar-refractivity contribution is 7.98. The first-order valence-electron chi connectivity index (χ1n) is 6.23. The molecule has 0 amide bonds. The third-order valence-corrected chi connectivity index (χ3v) is 5.30. The summed E-state index contributed by atoms with van der Waals surface area (Å²) in [6, 6.07) is 1.47. The van der Waals surface area contributed by atoms with E-state index >= 15 is 0 Å². The zero-order valence-electron chi connectivity index (χ0n) is 12.0. The van der Waals surface area contributed by atoms with Crippen LogP contribution in [0.15, 0.2) is 17.0 Å². The number of hydrogen-bond acceptors (Lipinski definition) is 4. The summed E-state index contributed by atoms with van der Waals surface area (Å²) < 4.78 is 40.7. The summed E-state index contributed by atoms with van der Waals surface area (Å²) in [5.74, 6) is -1.44. The molecule has 0 aliphatic rings. The smallest absolute Gasteiger partial charge is 0.335 e. The molecule has 1 aromatic carbocycles. The first kappa shape index (κ1) is 17.9. The maximum Gasteiger partial charge on any atom is 0.335 e. The Morgan fingerprint density at radius 2 is 2.10 bits per heavy atom. The van der Waals surface area contributed by atoms with Crippen molar-refractivity contribution in [2.24, 2.45) is 0 Å². The molecule has 0 heterocycles. The van der Waals surface area contributed by atoms with Gasteiger partial charge in [-0.25, -0.2) is 22.3 Å².